The minimum Gasteiger partial charge on any atom is -0.389 e. The smallest absolute Gasteiger partial charge is 0.162 e. The van der Waals surface area contributed by atoms with Gasteiger partial charge in [-0.15, -0.1) is 0 Å². The van der Waals surface area contributed by atoms with E-state index in [4.69, 9.17) is 4.74 Å². The van der Waals surface area contributed by atoms with Gasteiger partial charge in [0.1, 0.15) is 0 Å². The van der Waals surface area contributed by atoms with Gasteiger partial charge in [-0.25, -0.2) is 8.78 Å². The van der Waals surface area contributed by atoms with Crippen molar-refractivity contribution in [1.29, 1.82) is 0 Å². The molecule has 0 aliphatic carbocycles. The summed E-state index contributed by atoms with van der Waals surface area (Å²) in [5.74, 6) is -1.77. The van der Waals surface area contributed by atoms with E-state index in [0.29, 0.717) is 13.2 Å². The summed E-state index contributed by atoms with van der Waals surface area (Å²) >= 11 is 0. The van der Waals surface area contributed by atoms with E-state index in [0.717, 1.165) is 12.5 Å². The highest BCUT2D eigenvalue weighted by molar-refractivity contribution is 5.21. The number of hydrogen-bond acceptors (Lipinski definition) is 2. The van der Waals surface area contributed by atoms with Gasteiger partial charge in [0.05, 0.1) is 12.2 Å². The molecule has 1 N–H and O–H groups in total. The molecule has 0 saturated carbocycles. The third-order valence-electron chi connectivity index (χ3n) is 3.39. The molecule has 1 heterocycles. The van der Waals surface area contributed by atoms with Gasteiger partial charge in [-0.2, -0.15) is 0 Å². The van der Waals surface area contributed by atoms with Crippen molar-refractivity contribution < 1.29 is 18.6 Å². The molecule has 1 saturated heterocycles. The number of rotatable bonds is 3. The SMILES string of the molecule is CC(O)(Cc1cccc(F)c1F)C1CCOC1. The predicted molar refractivity (Wildman–Crippen MR) is 59.6 cm³/mol. The maximum Gasteiger partial charge on any atom is 0.162 e. The lowest BCUT2D eigenvalue weighted by Gasteiger charge is -2.29. The Hall–Kier alpha value is -1.00. The molecule has 2 rings (SSSR count). The Kier molecular flexibility index (Phi) is 3.45. The fraction of sp³-hybridized carbons (Fsp3) is 0.538. The van der Waals surface area contributed by atoms with Crippen LogP contribution in [0.15, 0.2) is 18.2 Å². The third kappa shape index (κ3) is 2.64. The van der Waals surface area contributed by atoms with Crippen LogP contribution in [0.2, 0.25) is 0 Å². The highest BCUT2D eigenvalue weighted by Gasteiger charge is 2.35. The maximum atomic E-state index is 13.5. The Bertz CT molecular complexity index is 398. The van der Waals surface area contributed by atoms with Gasteiger partial charge in [-0.1, -0.05) is 12.1 Å². The fourth-order valence-corrected chi connectivity index (χ4v) is 2.24. The first kappa shape index (κ1) is 12.5. The lowest BCUT2D eigenvalue weighted by molar-refractivity contribution is -0.00527. The van der Waals surface area contributed by atoms with E-state index in [1.807, 2.05) is 0 Å². The average molecular weight is 242 g/mol. The second kappa shape index (κ2) is 4.70. The van der Waals surface area contributed by atoms with Crippen molar-refractivity contribution in [2.75, 3.05) is 13.2 Å². The van der Waals surface area contributed by atoms with Crippen LogP contribution in [0.3, 0.4) is 0 Å². The normalized spacial score (nSPS) is 23.6. The van der Waals surface area contributed by atoms with Gasteiger partial charge in [0.15, 0.2) is 11.6 Å². The maximum absolute atomic E-state index is 13.5. The molecule has 0 bridgehead atoms. The Morgan fingerprint density at radius 2 is 2.24 bits per heavy atom. The molecule has 17 heavy (non-hydrogen) atoms. The summed E-state index contributed by atoms with van der Waals surface area (Å²) in [5.41, 5.74) is -0.854. The van der Waals surface area contributed by atoms with E-state index in [1.165, 1.54) is 12.1 Å². The summed E-state index contributed by atoms with van der Waals surface area (Å²) in [6, 6.07) is 4.03. The van der Waals surface area contributed by atoms with Crippen molar-refractivity contribution in [3.05, 3.63) is 35.4 Å². The summed E-state index contributed by atoms with van der Waals surface area (Å²) in [4.78, 5) is 0. The molecule has 4 heteroatoms. The molecule has 0 amide bonds. The largest absolute Gasteiger partial charge is 0.389 e. The zero-order valence-corrected chi connectivity index (χ0v) is 9.75. The average Bonchev–Trinajstić information content (AvgIpc) is 2.78. The number of benzene rings is 1. The quantitative estimate of drug-likeness (QED) is 0.881. The van der Waals surface area contributed by atoms with Crippen molar-refractivity contribution >= 4 is 0 Å². The highest BCUT2D eigenvalue weighted by atomic mass is 19.2. The van der Waals surface area contributed by atoms with Crippen molar-refractivity contribution in [3.63, 3.8) is 0 Å². The minimum absolute atomic E-state index is 0.0230. The summed E-state index contributed by atoms with van der Waals surface area (Å²) in [5, 5.41) is 10.3. The number of ether oxygens (including phenoxy) is 1. The first-order valence-corrected chi connectivity index (χ1v) is 5.74. The van der Waals surface area contributed by atoms with Crippen LogP contribution in [0.4, 0.5) is 8.78 Å². The van der Waals surface area contributed by atoms with Gasteiger partial charge in [0.25, 0.3) is 0 Å². The first-order valence-electron chi connectivity index (χ1n) is 5.74. The van der Waals surface area contributed by atoms with E-state index in [-0.39, 0.29) is 17.9 Å². The third-order valence-corrected chi connectivity index (χ3v) is 3.39. The summed E-state index contributed by atoms with van der Waals surface area (Å²) in [6.45, 7) is 2.74. The topological polar surface area (TPSA) is 29.5 Å². The molecule has 1 fully saturated rings. The van der Waals surface area contributed by atoms with Gasteiger partial charge in [-0.3, -0.25) is 0 Å². The van der Waals surface area contributed by atoms with E-state index < -0.39 is 17.2 Å². The fourth-order valence-electron chi connectivity index (χ4n) is 2.24. The van der Waals surface area contributed by atoms with Crippen LogP contribution in [-0.2, 0) is 11.2 Å². The van der Waals surface area contributed by atoms with Crippen LogP contribution in [-0.4, -0.2) is 23.9 Å². The molecular weight excluding hydrogens is 226 g/mol. The van der Waals surface area contributed by atoms with Crippen LogP contribution in [0.25, 0.3) is 0 Å². The van der Waals surface area contributed by atoms with E-state index in [2.05, 4.69) is 0 Å². The van der Waals surface area contributed by atoms with E-state index >= 15 is 0 Å². The molecule has 0 spiro atoms. The van der Waals surface area contributed by atoms with Crippen LogP contribution in [0, 0.1) is 17.6 Å². The highest BCUT2D eigenvalue weighted by Crippen LogP contribution is 2.30. The predicted octanol–water partition coefficient (Wildman–Crippen LogP) is 2.29. The van der Waals surface area contributed by atoms with Crippen LogP contribution in [0.5, 0.6) is 0 Å². The molecular formula is C13H16F2O2. The van der Waals surface area contributed by atoms with E-state index in [9.17, 15) is 13.9 Å². The molecule has 94 valence electrons. The van der Waals surface area contributed by atoms with Crippen molar-refractivity contribution in [1.82, 2.24) is 0 Å². The summed E-state index contributed by atoms with van der Waals surface area (Å²) in [6.07, 6.45) is 0.856. The molecule has 2 nitrogen and oxygen atoms in total. The van der Waals surface area contributed by atoms with Gasteiger partial charge in [-0.05, 0) is 25.0 Å². The van der Waals surface area contributed by atoms with Gasteiger partial charge >= 0.3 is 0 Å². The molecule has 0 radical (unpaired) electrons. The molecule has 0 aromatic heterocycles. The number of hydrogen-bond donors (Lipinski definition) is 1. The molecule has 1 aliphatic heterocycles. The van der Waals surface area contributed by atoms with Crippen LogP contribution in [0.1, 0.15) is 18.9 Å². The lowest BCUT2D eigenvalue weighted by Crippen LogP contribution is -2.37. The monoisotopic (exact) mass is 242 g/mol. The Morgan fingerprint density at radius 1 is 1.47 bits per heavy atom. The molecule has 2 atom stereocenters. The second-order valence-electron chi connectivity index (χ2n) is 4.81. The second-order valence-corrected chi connectivity index (χ2v) is 4.81. The molecule has 1 aromatic rings. The Labute approximate surface area is 99.2 Å². The van der Waals surface area contributed by atoms with Crippen LogP contribution < -0.4 is 0 Å². The zero-order valence-electron chi connectivity index (χ0n) is 9.75. The van der Waals surface area contributed by atoms with Gasteiger partial charge in [0, 0.05) is 18.9 Å². The Morgan fingerprint density at radius 3 is 2.88 bits per heavy atom. The zero-order chi connectivity index (χ0) is 12.5. The first-order chi connectivity index (χ1) is 8.00. The van der Waals surface area contributed by atoms with Crippen molar-refractivity contribution in [2.24, 2.45) is 5.92 Å². The lowest BCUT2D eigenvalue weighted by atomic mass is 9.83. The number of halogens is 2. The van der Waals surface area contributed by atoms with Crippen molar-refractivity contribution in [3.8, 4) is 0 Å². The van der Waals surface area contributed by atoms with Gasteiger partial charge in [0.2, 0.25) is 0 Å². The molecule has 1 aromatic carbocycles. The van der Waals surface area contributed by atoms with E-state index in [1.54, 1.807) is 6.92 Å². The number of aliphatic hydroxyl groups is 1. The Balaban J connectivity index is 2.16. The van der Waals surface area contributed by atoms with Crippen LogP contribution >= 0.6 is 0 Å². The molecule has 2 unspecified atom stereocenters. The molecule has 1 aliphatic rings. The summed E-state index contributed by atoms with van der Waals surface area (Å²) in [7, 11) is 0. The standard InChI is InChI=1S/C13H16F2O2/c1-13(16,10-5-6-17-8-10)7-9-3-2-4-11(14)12(9)15/h2-4,10,16H,5-8H2,1H3. The summed E-state index contributed by atoms with van der Waals surface area (Å²) < 4.78 is 31.8. The van der Waals surface area contributed by atoms with Gasteiger partial charge < -0.3 is 9.84 Å². The minimum atomic E-state index is -1.06. The van der Waals surface area contributed by atoms with Crippen molar-refractivity contribution in [2.45, 2.75) is 25.4 Å².